The Morgan fingerprint density at radius 1 is 1.35 bits per heavy atom. The third-order valence-electron chi connectivity index (χ3n) is 3.49. The van der Waals surface area contributed by atoms with Crippen LogP contribution in [0.2, 0.25) is 0 Å². The molecule has 0 bridgehead atoms. The zero-order valence-corrected chi connectivity index (χ0v) is 10.9. The Hall–Kier alpha value is -1.76. The number of ether oxygens (including phenoxy) is 1. The van der Waals surface area contributed by atoms with E-state index in [-0.39, 0.29) is 23.5 Å². The number of hydrogen-bond acceptors (Lipinski definition) is 4. The molecule has 7 heteroatoms. The van der Waals surface area contributed by atoms with E-state index in [1.165, 1.54) is 12.1 Å². The highest BCUT2D eigenvalue weighted by molar-refractivity contribution is 5.77. The summed E-state index contributed by atoms with van der Waals surface area (Å²) >= 11 is 0. The Kier molecular flexibility index (Phi) is 4.84. The average molecular weight is 285 g/mol. The summed E-state index contributed by atoms with van der Waals surface area (Å²) < 4.78 is 30.4. The van der Waals surface area contributed by atoms with Gasteiger partial charge in [-0.25, -0.2) is 19.6 Å². The lowest BCUT2D eigenvalue weighted by Gasteiger charge is -2.27. The van der Waals surface area contributed by atoms with Gasteiger partial charge in [0, 0.05) is 23.7 Å². The molecule has 1 heterocycles. The van der Waals surface area contributed by atoms with Gasteiger partial charge in [-0.15, -0.1) is 0 Å². The lowest BCUT2D eigenvalue weighted by molar-refractivity contribution is -0.126. The molecule has 3 N–H and O–H groups in total. The van der Waals surface area contributed by atoms with Crippen molar-refractivity contribution >= 4 is 5.91 Å². The first-order chi connectivity index (χ1) is 9.60. The summed E-state index contributed by atoms with van der Waals surface area (Å²) in [5.74, 6) is 5.21. The van der Waals surface area contributed by atoms with E-state index >= 15 is 0 Å². The lowest BCUT2D eigenvalue weighted by Crippen LogP contribution is -2.38. The number of amides is 1. The number of hydrogen-bond donors (Lipinski definition) is 2. The van der Waals surface area contributed by atoms with Crippen LogP contribution >= 0.6 is 0 Å². The number of alkyl halides is 2. The van der Waals surface area contributed by atoms with Crippen molar-refractivity contribution in [1.82, 2.24) is 10.4 Å². The van der Waals surface area contributed by atoms with Crippen molar-refractivity contribution in [1.29, 1.82) is 0 Å². The van der Waals surface area contributed by atoms with Crippen LogP contribution in [0.15, 0.2) is 18.3 Å². The van der Waals surface area contributed by atoms with E-state index in [1.54, 1.807) is 0 Å². The Morgan fingerprint density at radius 3 is 2.55 bits per heavy atom. The number of pyridine rings is 1. The zero-order valence-electron chi connectivity index (χ0n) is 10.9. The third-order valence-corrected chi connectivity index (χ3v) is 3.49. The van der Waals surface area contributed by atoms with Gasteiger partial charge in [-0.2, -0.15) is 0 Å². The molecule has 5 nitrogen and oxygen atoms in total. The van der Waals surface area contributed by atoms with Gasteiger partial charge in [-0.1, -0.05) is 0 Å². The predicted molar refractivity (Wildman–Crippen MR) is 67.9 cm³/mol. The lowest BCUT2D eigenvalue weighted by atomic mass is 9.87. The van der Waals surface area contributed by atoms with Crippen LogP contribution in [-0.4, -0.2) is 17.0 Å². The number of rotatable bonds is 4. The van der Waals surface area contributed by atoms with Crippen LogP contribution in [0, 0.1) is 5.92 Å². The number of nitrogens with one attached hydrogen (secondary N) is 1. The molecule has 20 heavy (non-hydrogen) atoms. The number of halogens is 2. The number of nitrogens with zero attached hydrogens (tertiary/aromatic N) is 1. The van der Waals surface area contributed by atoms with Gasteiger partial charge in [0.15, 0.2) is 0 Å². The first kappa shape index (κ1) is 14.6. The summed E-state index contributed by atoms with van der Waals surface area (Å²) in [6.45, 7) is 0. The second kappa shape index (κ2) is 6.60. The summed E-state index contributed by atoms with van der Waals surface area (Å²) in [5, 5.41) is 0. The first-order valence-electron chi connectivity index (χ1n) is 6.51. The molecule has 1 amide bonds. The smallest absolute Gasteiger partial charge is 0.265 e. The van der Waals surface area contributed by atoms with Crippen molar-refractivity contribution in [2.24, 2.45) is 11.8 Å². The standard InChI is InChI=1S/C13H17F2N3O2/c14-12(15)9-3-6-11(17-7-9)20-10-4-1-8(2-5-10)13(19)18-16/h3,6-8,10,12H,1-2,4-5,16H2,(H,18,19)/t8-,10-. The maximum Gasteiger partial charge on any atom is 0.265 e. The number of carbonyl (C=O) groups is 1. The maximum absolute atomic E-state index is 12.4. The predicted octanol–water partition coefficient (Wildman–Crippen LogP) is 1.95. The molecule has 0 aromatic carbocycles. The number of hydrazine groups is 1. The van der Waals surface area contributed by atoms with E-state index < -0.39 is 6.43 Å². The van der Waals surface area contributed by atoms with E-state index in [0.29, 0.717) is 18.7 Å². The van der Waals surface area contributed by atoms with E-state index in [2.05, 4.69) is 10.4 Å². The molecule has 0 saturated heterocycles. The fourth-order valence-electron chi connectivity index (χ4n) is 2.32. The number of carbonyl (C=O) groups excluding carboxylic acids is 1. The van der Waals surface area contributed by atoms with Crippen molar-refractivity contribution < 1.29 is 18.3 Å². The van der Waals surface area contributed by atoms with E-state index in [0.717, 1.165) is 19.0 Å². The average Bonchev–Trinajstić information content (AvgIpc) is 2.48. The van der Waals surface area contributed by atoms with Crippen LogP contribution in [0.25, 0.3) is 0 Å². The van der Waals surface area contributed by atoms with Crippen LogP contribution in [0.1, 0.15) is 37.7 Å². The Labute approximate surface area is 115 Å². The molecule has 1 aromatic heterocycles. The molecule has 110 valence electrons. The van der Waals surface area contributed by atoms with Crippen molar-refractivity contribution in [3.05, 3.63) is 23.9 Å². The van der Waals surface area contributed by atoms with Gasteiger partial charge in [-0.05, 0) is 31.7 Å². The van der Waals surface area contributed by atoms with E-state index in [1.807, 2.05) is 0 Å². The summed E-state index contributed by atoms with van der Waals surface area (Å²) in [6.07, 6.45) is 1.38. The van der Waals surface area contributed by atoms with Gasteiger partial charge in [0.1, 0.15) is 6.10 Å². The van der Waals surface area contributed by atoms with Crippen LogP contribution in [0.5, 0.6) is 5.88 Å². The molecular formula is C13H17F2N3O2. The number of aromatic nitrogens is 1. The molecule has 2 rings (SSSR count). The van der Waals surface area contributed by atoms with Crippen LogP contribution < -0.4 is 16.0 Å². The topological polar surface area (TPSA) is 77.2 Å². The van der Waals surface area contributed by atoms with Gasteiger partial charge in [0.25, 0.3) is 6.43 Å². The second-order valence-corrected chi connectivity index (χ2v) is 4.83. The molecule has 1 saturated carbocycles. The maximum atomic E-state index is 12.4. The normalized spacial score (nSPS) is 22.6. The molecule has 0 radical (unpaired) electrons. The second-order valence-electron chi connectivity index (χ2n) is 4.83. The van der Waals surface area contributed by atoms with Gasteiger partial charge < -0.3 is 4.74 Å². The van der Waals surface area contributed by atoms with Crippen molar-refractivity contribution in [3.63, 3.8) is 0 Å². The molecule has 0 aliphatic heterocycles. The summed E-state index contributed by atoms with van der Waals surface area (Å²) in [7, 11) is 0. The van der Waals surface area contributed by atoms with Gasteiger partial charge >= 0.3 is 0 Å². The van der Waals surface area contributed by atoms with E-state index in [9.17, 15) is 13.6 Å². The molecule has 0 spiro atoms. The molecule has 1 aliphatic rings. The van der Waals surface area contributed by atoms with Crippen molar-refractivity contribution in [3.8, 4) is 5.88 Å². The first-order valence-corrected chi connectivity index (χ1v) is 6.51. The molecule has 1 aliphatic carbocycles. The van der Waals surface area contributed by atoms with Gasteiger partial charge in [0.05, 0.1) is 0 Å². The third kappa shape index (κ3) is 3.63. The molecule has 0 atom stereocenters. The molecule has 1 fully saturated rings. The zero-order chi connectivity index (χ0) is 14.5. The fourth-order valence-corrected chi connectivity index (χ4v) is 2.32. The Bertz CT molecular complexity index is 445. The van der Waals surface area contributed by atoms with Crippen molar-refractivity contribution in [2.45, 2.75) is 38.2 Å². The highest BCUT2D eigenvalue weighted by Gasteiger charge is 2.27. The Balaban J connectivity index is 1.84. The number of nitrogens with two attached hydrogens (primary N) is 1. The van der Waals surface area contributed by atoms with Crippen LogP contribution in [-0.2, 0) is 4.79 Å². The SMILES string of the molecule is NNC(=O)[C@H]1CC[C@H](Oc2ccc(C(F)F)cn2)CC1. The summed E-state index contributed by atoms with van der Waals surface area (Å²) in [4.78, 5) is 15.2. The monoisotopic (exact) mass is 285 g/mol. The largest absolute Gasteiger partial charge is 0.474 e. The van der Waals surface area contributed by atoms with Gasteiger partial charge in [0.2, 0.25) is 11.8 Å². The highest BCUT2D eigenvalue weighted by atomic mass is 19.3. The summed E-state index contributed by atoms with van der Waals surface area (Å²) in [5.41, 5.74) is 2.03. The minimum atomic E-state index is -2.53. The highest BCUT2D eigenvalue weighted by Crippen LogP contribution is 2.27. The fraction of sp³-hybridized carbons (Fsp3) is 0.538. The van der Waals surface area contributed by atoms with Crippen LogP contribution in [0.4, 0.5) is 8.78 Å². The molecule has 0 unspecified atom stereocenters. The van der Waals surface area contributed by atoms with Crippen LogP contribution in [0.3, 0.4) is 0 Å². The van der Waals surface area contributed by atoms with Crippen molar-refractivity contribution in [2.75, 3.05) is 0 Å². The van der Waals surface area contributed by atoms with Gasteiger partial charge in [-0.3, -0.25) is 10.2 Å². The molecular weight excluding hydrogens is 268 g/mol. The summed E-state index contributed by atoms with van der Waals surface area (Å²) in [6, 6.07) is 2.75. The molecule has 1 aromatic rings. The minimum Gasteiger partial charge on any atom is -0.474 e. The minimum absolute atomic E-state index is 0.0401. The van der Waals surface area contributed by atoms with E-state index in [4.69, 9.17) is 10.6 Å². The quantitative estimate of drug-likeness (QED) is 0.503. The Morgan fingerprint density at radius 2 is 2.05 bits per heavy atom.